The predicted molar refractivity (Wildman–Crippen MR) is 65.1 cm³/mol. The van der Waals surface area contributed by atoms with Gasteiger partial charge in [-0.05, 0) is 38.0 Å². The summed E-state index contributed by atoms with van der Waals surface area (Å²) >= 11 is 0. The molecular formula is C13H20N2O3. The fourth-order valence-corrected chi connectivity index (χ4v) is 2.60. The Morgan fingerprint density at radius 2 is 1.89 bits per heavy atom. The second-order valence-corrected chi connectivity index (χ2v) is 6.22. The van der Waals surface area contributed by atoms with E-state index in [0.717, 1.165) is 12.8 Å². The fourth-order valence-electron chi connectivity index (χ4n) is 2.60. The molecule has 0 spiro atoms. The Bertz CT molecular complexity index is 441. The van der Waals surface area contributed by atoms with Gasteiger partial charge in [0.1, 0.15) is 11.4 Å². The molecule has 5 nitrogen and oxygen atoms in total. The van der Waals surface area contributed by atoms with Crippen molar-refractivity contribution in [2.75, 3.05) is 0 Å². The minimum absolute atomic E-state index is 0.246. The summed E-state index contributed by atoms with van der Waals surface area (Å²) in [6, 6.07) is 0. The van der Waals surface area contributed by atoms with Crippen molar-refractivity contribution < 1.29 is 14.5 Å². The first kappa shape index (κ1) is 13.1. The van der Waals surface area contributed by atoms with E-state index in [2.05, 4.69) is 28.8 Å². The second kappa shape index (κ2) is 4.37. The number of rotatable bonds is 3. The van der Waals surface area contributed by atoms with Crippen molar-refractivity contribution in [2.45, 2.75) is 52.9 Å². The van der Waals surface area contributed by atoms with Crippen molar-refractivity contribution in [3.8, 4) is 0 Å². The number of carboxylic acid groups (broad SMARTS) is 1. The van der Waals surface area contributed by atoms with Crippen LogP contribution in [0.2, 0.25) is 0 Å². The molecule has 0 atom stereocenters. The van der Waals surface area contributed by atoms with E-state index in [9.17, 15) is 9.90 Å². The first-order valence-electron chi connectivity index (χ1n) is 6.36. The molecule has 1 saturated carbocycles. The van der Waals surface area contributed by atoms with Gasteiger partial charge in [0, 0.05) is 6.42 Å². The molecule has 2 rings (SSSR count). The third-order valence-corrected chi connectivity index (χ3v) is 4.27. The SMILES string of the molecule is Cc1nonc1CC1(C(=O)O)CCC(C)(C)CC1. The van der Waals surface area contributed by atoms with E-state index in [4.69, 9.17) is 0 Å². The lowest BCUT2D eigenvalue weighted by Gasteiger charge is -2.40. The number of nitrogens with zero attached hydrogens (tertiary/aromatic N) is 2. The Balaban J connectivity index is 2.19. The first-order valence-corrected chi connectivity index (χ1v) is 6.36. The van der Waals surface area contributed by atoms with Gasteiger partial charge in [-0.2, -0.15) is 0 Å². The lowest BCUT2D eigenvalue weighted by molar-refractivity contribution is -0.152. The Morgan fingerprint density at radius 3 is 2.33 bits per heavy atom. The zero-order valence-electron chi connectivity index (χ0n) is 11.2. The largest absolute Gasteiger partial charge is 0.481 e. The van der Waals surface area contributed by atoms with Gasteiger partial charge in [0.15, 0.2) is 0 Å². The molecule has 1 aliphatic carbocycles. The summed E-state index contributed by atoms with van der Waals surface area (Å²) in [5.74, 6) is -0.722. The van der Waals surface area contributed by atoms with E-state index >= 15 is 0 Å². The van der Waals surface area contributed by atoms with Crippen LogP contribution in [0.4, 0.5) is 0 Å². The summed E-state index contributed by atoms with van der Waals surface area (Å²) in [5, 5.41) is 17.1. The van der Waals surface area contributed by atoms with Gasteiger partial charge in [-0.15, -0.1) is 0 Å². The molecule has 0 radical (unpaired) electrons. The smallest absolute Gasteiger partial charge is 0.310 e. The predicted octanol–water partition coefficient (Wildman–Crippen LogP) is 2.59. The standard InChI is InChI=1S/C13H20N2O3/c1-9-10(15-18-14-9)8-13(11(16)17)6-4-12(2,3)5-7-13/h4-8H2,1-3H3,(H,16,17). The third kappa shape index (κ3) is 2.40. The van der Waals surface area contributed by atoms with Crippen LogP contribution in [0.1, 0.15) is 50.9 Å². The Kier molecular flexibility index (Phi) is 3.17. The molecule has 1 aliphatic rings. The molecule has 1 heterocycles. The van der Waals surface area contributed by atoms with Crippen molar-refractivity contribution >= 4 is 5.97 Å². The highest BCUT2D eigenvalue weighted by Crippen LogP contribution is 2.46. The molecular weight excluding hydrogens is 232 g/mol. The van der Waals surface area contributed by atoms with Crippen LogP contribution in [-0.4, -0.2) is 21.4 Å². The van der Waals surface area contributed by atoms with Gasteiger partial charge in [0.2, 0.25) is 0 Å². The van der Waals surface area contributed by atoms with Gasteiger partial charge in [-0.25, -0.2) is 4.63 Å². The van der Waals surface area contributed by atoms with Gasteiger partial charge >= 0.3 is 5.97 Å². The van der Waals surface area contributed by atoms with Gasteiger partial charge in [0.05, 0.1) is 5.41 Å². The number of aliphatic carboxylic acids is 1. The molecule has 1 N–H and O–H groups in total. The topological polar surface area (TPSA) is 76.2 Å². The molecule has 0 bridgehead atoms. The normalized spacial score (nSPS) is 21.7. The Hall–Kier alpha value is -1.39. The highest BCUT2D eigenvalue weighted by Gasteiger charge is 2.45. The van der Waals surface area contributed by atoms with Gasteiger partial charge in [0.25, 0.3) is 0 Å². The van der Waals surface area contributed by atoms with Crippen LogP contribution in [0.15, 0.2) is 4.63 Å². The zero-order valence-corrected chi connectivity index (χ0v) is 11.2. The molecule has 5 heteroatoms. The van der Waals surface area contributed by atoms with Crippen LogP contribution >= 0.6 is 0 Å². The van der Waals surface area contributed by atoms with Crippen molar-refractivity contribution in [3.63, 3.8) is 0 Å². The number of hydrogen-bond donors (Lipinski definition) is 1. The summed E-state index contributed by atoms with van der Waals surface area (Å²) in [6.45, 7) is 6.19. The van der Waals surface area contributed by atoms with Crippen LogP contribution in [0.3, 0.4) is 0 Å². The highest BCUT2D eigenvalue weighted by atomic mass is 16.6. The van der Waals surface area contributed by atoms with Gasteiger partial charge < -0.3 is 5.11 Å². The monoisotopic (exact) mass is 252 g/mol. The maximum atomic E-state index is 11.6. The van der Waals surface area contributed by atoms with Gasteiger partial charge in [-0.3, -0.25) is 4.79 Å². The minimum atomic E-state index is -0.722. The van der Waals surface area contributed by atoms with Crippen LogP contribution in [0.25, 0.3) is 0 Å². The second-order valence-electron chi connectivity index (χ2n) is 6.22. The number of aryl methyl sites for hydroxylation is 1. The number of carbonyl (C=O) groups is 1. The molecule has 0 saturated heterocycles. The van der Waals surface area contributed by atoms with E-state index in [-0.39, 0.29) is 5.41 Å². The van der Waals surface area contributed by atoms with E-state index in [1.807, 2.05) is 0 Å². The summed E-state index contributed by atoms with van der Waals surface area (Å²) < 4.78 is 4.66. The summed E-state index contributed by atoms with van der Waals surface area (Å²) in [7, 11) is 0. The third-order valence-electron chi connectivity index (χ3n) is 4.27. The summed E-state index contributed by atoms with van der Waals surface area (Å²) in [4.78, 5) is 11.6. The van der Waals surface area contributed by atoms with Crippen LogP contribution in [0, 0.1) is 17.8 Å². The van der Waals surface area contributed by atoms with Crippen molar-refractivity contribution in [2.24, 2.45) is 10.8 Å². The molecule has 18 heavy (non-hydrogen) atoms. The first-order chi connectivity index (χ1) is 8.35. The molecule has 0 aromatic carbocycles. The van der Waals surface area contributed by atoms with Gasteiger partial charge in [-0.1, -0.05) is 24.2 Å². The van der Waals surface area contributed by atoms with E-state index in [1.165, 1.54) is 0 Å². The lowest BCUT2D eigenvalue weighted by atomic mass is 9.63. The molecule has 100 valence electrons. The maximum Gasteiger partial charge on any atom is 0.310 e. The molecule has 1 aromatic heterocycles. The fraction of sp³-hybridized carbons (Fsp3) is 0.769. The maximum absolute atomic E-state index is 11.6. The van der Waals surface area contributed by atoms with Crippen molar-refractivity contribution in [1.29, 1.82) is 0 Å². The van der Waals surface area contributed by atoms with Crippen molar-refractivity contribution in [3.05, 3.63) is 11.4 Å². The zero-order chi connectivity index (χ0) is 13.4. The lowest BCUT2D eigenvalue weighted by Crippen LogP contribution is -2.39. The highest BCUT2D eigenvalue weighted by molar-refractivity contribution is 5.75. The Labute approximate surface area is 107 Å². The number of aromatic nitrogens is 2. The number of carboxylic acids is 1. The quantitative estimate of drug-likeness (QED) is 0.894. The molecule has 0 aliphatic heterocycles. The van der Waals surface area contributed by atoms with E-state index in [1.54, 1.807) is 6.92 Å². The van der Waals surface area contributed by atoms with Crippen molar-refractivity contribution in [1.82, 2.24) is 10.3 Å². The number of hydrogen-bond acceptors (Lipinski definition) is 4. The minimum Gasteiger partial charge on any atom is -0.481 e. The summed E-state index contributed by atoms with van der Waals surface area (Å²) in [6.07, 6.45) is 3.68. The average molecular weight is 252 g/mol. The van der Waals surface area contributed by atoms with Crippen LogP contribution in [-0.2, 0) is 11.2 Å². The molecule has 0 amide bonds. The van der Waals surface area contributed by atoms with Crippen LogP contribution in [0.5, 0.6) is 0 Å². The molecule has 1 aromatic rings. The molecule has 0 unspecified atom stereocenters. The average Bonchev–Trinajstić information content (AvgIpc) is 2.67. The summed E-state index contributed by atoms with van der Waals surface area (Å²) in [5.41, 5.74) is 0.923. The molecule has 1 fully saturated rings. The Morgan fingerprint density at radius 1 is 1.28 bits per heavy atom. The van der Waals surface area contributed by atoms with Crippen LogP contribution < -0.4 is 0 Å². The van der Waals surface area contributed by atoms with E-state index in [0.29, 0.717) is 30.7 Å². The van der Waals surface area contributed by atoms with E-state index < -0.39 is 11.4 Å².